The van der Waals surface area contributed by atoms with Crippen molar-refractivity contribution in [3.63, 3.8) is 0 Å². The van der Waals surface area contributed by atoms with Crippen molar-refractivity contribution in [1.82, 2.24) is 15.1 Å². The number of benzene rings is 1. The fourth-order valence-electron chi connectivity index (χ4n) is 2.47. The van der Waals surface area contributed by atoms with Crippen molar-refractivity contribution in [2.45, 2.75) is 33.7 Å². The molecule has 122 valence electrons. The fourth-order valence-corrected chi connectivity index (χ4v) is 2.47. The minimum atomic E-state index is -1.03. The van der Waals surface area contributed by atoms with Crippen molar-refractivity contribution in [2.75, 3.05) is 6.54 Å². The quantitative estimate of drug-likeness (QED) is 0.801. The summed E-state index contributed by atoms with van der Waals surface area (Å²) in [4.78, 5) is 23.2. The van der Waals surface area contributed by atoms with Gasteiger partial charge in [-0.2, -0.15) is 5.10 Å². The minimum absolute atomic E-state index is 0.123. The van der Waals surface area contributed by atoms with Crippen LogP contribution >= 0.6 is 0 Å². The summed E-state index contributed by atoms with van der Waals surface area (Å²) in [6, 6.07) is 6.63. The Balaban J connectivity index is 1.90. The number of nitrogens with zero attached hydrogens (tertiary/aromatic N) is 2. The third-order valence-electron chi connectivity index (χ3n) is 3.52. The van der Waals surface area contributed by atoms with Gasteiger partial charge in [-0.25, -0.2) is 4.79 Å². The molecule has 0 unspecified atom stereocenters. The topological polar surface area (TPSA) is 84.2 Å². The molecule has 0 spiro atoms. The molecule has 0 aliphatic heterocycles. The SMILES string of the molecule is Cc1cc(C(=O)O)cc(C(=O)NCCCn2nc(C)cc2C)c1. The van der Waals surface area contributed by atoms with Crippen molar-refractivity contribution in [1.29, 1.82) is 0 Å². The molecular formula is C17H21N3O3. The maximum atomic E-state index is 12.1. The zero-order valence-corrected chi connectivity index (χ0v) is 13.6. The van der Waals surface area contributed by atoms with E-state index in [0.717, 1.165) is 29.9 Å². The Morgan fingerprint density at radius 3 is 2.43 bits per heavy atom. The number of nitrogens with one attached hydrogen (secondary N) is 1. The van der Waals surface area contributed by atoms with Gasteiger partial charge in [-0.05, 0) is 57.0 Å². The lowest BCUT2D eigenvalue weighted by Crippen LogP contribution is -2.25. The molecule has 0 fully saturated rings. The molecule has 0 aliphatic rings. The zero-order chi connectivity index (χ0) is 17.0. The Labute approximate surface area is 135 Å². The first kappa shape index (κ1) is 16.7. The van der Waals surface area contributed by atoms with Crippen molar-refractivity contribution >= 4 is 11.9 Å². The van der Waals surface area contributed by atoms with Crippen LogP contribution in [0.1, 0.15) is 44.1 Å². The molecular weight excluding hydrogens is 294 g/mol. The Morgan fingerprint density at radius 2 is 1.83 bits per heavy atom. The van der Waals surface area contributed by atoms with Crippen molar-refractivity contribution in [3.8, 4) is 0 Å². The molecule has 2 aromatic rings. The molecule has 0 atom stereocenters. The van der Waals surface area contributed by atoms with E-state index in [2.05, 4.69) is 10.4 Å². The molecule has 2 rings (SSSR count). The highest BCUT2D eigenvalue weighted by Gasteiger charge is 2.11. The monoisotopic (exact) mass is 315 g/mol. The van der Waals surface area contributed by atoms with Crippen LogP contribution in [0.3, 0.4) is 0 Å². The molecule has 0 saturated carbocycles. The maximum Gasteiger partial charge on any atom is 0.335 e. The molecule has 0 saturated heterocycles. The van der Waals surface area contributed by atoms with Gasteiger partial charge in [0.1, 0.15) is 0 Å². The third kappa shape index (κ3) is 4.42. The number of aromatic carboxylic acids is 1. The van der Waals surface area contributed by atoms with Gasteiger partial charge in [-0.3, -0.25) is 9.48 Å². The minimum Gasteiger partial charge on any atom is -0.478 e. The molecule has 1 amide bonds. The van der Waals surface area contributed by atoms with Crippen LogP contribution in [0.15, 0.2) is 24.3 Å². The summed E-state index contributed by atoms with van der Waals surface area (Å²) in [5, 5.41) is 16.2. The molecule has 2 N–H and O–H groups in total. The number of aromatic nitrogens is 2. The van der Waals surface area contributed by atoms with E-state index in [1.54, 1.807) is 19.1 Å². The lowest BCUT2D eigenvalue weighted by molar-refractivity contribution is 0.0696. The lowest BCUT2D eigenvalue weighted by Gasteiger charge is -2.08. The van der Waals surface area contributed by atoms with Crippen LogP contribution in [0.25, 0.3) is 0 Å². The van der Waals surface area contributed by atoms with Gasteiger partial charge in [0.2, 0.25) is 0 Å². The van der Waals surface area contributed by atoms with Crippen molar-refractivity contribution < 1.29 is 14.7 Å². The predicted molar refractivity (Wildman–Crippen MR) is 86.8 cm³/mol. The lowest BCUT2D eigenvalue weighted by atomic mass is 10.1. The molecule has 23 heavy (non-hydrogen) atoms. The van der Waals surface area contributed by atoms with Gasteiger partial charge in [0.15, 0.2) is 0 Å². The van der Waals surface area contributed by atoms with Gasteiger partial charge in [-0.15, -0.1) is 0 Å². The van der Waals surface area contributed by atoms with E-state index in [1.807, 2.05) is 24.6 Å². The van der Waals surface area contributed by atoms with Crippen molar-refractivity contribution in [3.05, 3.63) is 52.3 Å². The molecule has 1 aromatic carbocycles. The van der Waals surface area contributed by atoms with Gasteiger partial charge >= 0.3 is 5.97 Å². The van der Waals surface area contributed by atoms with Crippen molar-refractivity contribution in [2.24, 2.45) is 0 Å². The largest absolute Gasteiger partial charge is 0.478 e. The highest BCUT2D eigenvalue weighted by atomic mass is 16.4. The molecule has 0 radical (unpaired) electrons. The first-order valence-electron chi connectivity index (χ1n) is 7.51. The van der Waals surface area contributed by atoms with E-state index >= 15 is 0 Å². The number of rotatable bonds is 6. The van der Waals surface area contributed by atoms with E-state index < -0.39 is 5.97 Å². The summed E-state index contributed by atoms with van der Waals surface area (Å²) < 4.78 is 1.91. The molecule has 1 heterocycles. The van der Waals surface area contributed by atoms with E-state index in [9.17, 15) is 9.59 Å². The Kier molecular flexibility index (Phi) is 5.16. The van der Waals surface area contributed by atoms with Crippen LogP contribution in [0.5, 0.6) is 0 Å². The zero-order valence-electron chi connectivity index (χ0n) is 13.6. The molecule has 6 heteroatoms. The van der Waals surface area contributed by atoms with E-state index in [4.69, 9.17) is 5.11 Å². The highest BCUT2D eigenvalue weighted by molar-refractivity contribution is 5.97. The Bertz CT molecular complexity index is 735. The predicted octanol–water partition coefficient (Wildman–Crippen LogP) is 2.33. The van der Waals surface area contributed by atoms with Gasteiger partial charge < -0.3 is 10.4 Å². The Hall–Kier alpha value is -2.63. The summed E-state index contributed by atoms with van der Waals surface area (Å²) in [5.41, 5.74) is 3.31. The summed E-state index contributed by atoms with van der Waals surface area (Å²) in [6.07, 6.45) is 0.755. The standard InChI is InChI=1S/C17H21N3O3/c1-11-7-14(10-15(8-11)17(22)23)16(21)18-5-4-6-20-13(3)9-12(2)19-20/h7-10H,4-6H2,1-3H3,(H,18,21)(H,22,23). The summed E-state index contributed by atoms with van der Waals surface area (Å²) in [6.45, 7) is 6.95. The summed E-state index contributed by atoms with van der Waals surface area (Å²) >= 11 is 0. The number of carboxylic acid groups (broad SMARTS) is 1. The normalized spacial score (nSPS) is 10.6. The maximum absolute atomic E-state index is 12.1. The number of carbonyl (C=O) groups excluding carboxylic acids is 1. The number of aryl methyl sites for hydroxylation is 4. The van der Waals surface area contributed by atoms with Crippen LogP contribution in [-0.4, -0.2) is 33.3 Å². The fraction of sp³-hybridized carbons (Fsp3) is 0.353. The van der Waals surface area contributed by atoms with Crippen LogP contribution in [0.2, 0.25) is 0 Å². The number of carboxylic acids is 1. The molecule has 0 aliphatic carbocycles. The average Bonchev–Trinajstić information content (AvgIpc) is 2.80. The average molecular weight is 315 g/mol. The van der Waals surface area contributed by atoms with Crippen LogP contribution < -0.4 is 5.32 Å². The van der Waals surface area contributed by atoms with Gasteiger partial charge in [0.05, 0.1) is 11.3 Å². The van der Waals surface area contributed by atoms with Crippen LogP contribution in [0.4, 0.5) is 0 Å². The van der Waals surface area contributed by atoms with E-state index in [-0.39, 0.29) is 11.5 Å². The summed E-state index contributed by atoms with van der Waals surface area (Å²) in [5.74, 6) is -1.29. The Morgan fingerprint density at radius 1 is 1.13 bits per heavy atom. The highest BCUT2D eigenvalue weighted by Crippen LogP contribution is 2.10. The second-order valence-corrected chi connectivity index (χ2v) is 5.65. The van der Waals surface area contributed by atoms with Gasteiger partial charge in [0.25, 0.3) is 5.91 Å². The number of carbonyl (C=O) groups is 2. The number of hydrogen-bond donors (Lipinski definition) is 2. The van der Waals surface area contributed by atoms with Crippen LogP contribution in [-0.2, 0) is 6.54 Å². The molecule has 0 bridgehead atoms. The van der Waals surface area contributed by atoms with Crippen LogP contribution in [0, 0.1) is 20.8 Å². The summed E-state index contributed by atoms with van der Waals surface area (Å²) in [7, 11) is 0. The second-order valence-electron chi connectivity index (χ2n) is 5.65. The first-order valence-corrected chi connectivity index (χ1v) is 7.51. The smallest absolute Gasteiger partial charge is 0.335 e. The van der Waals surface area contributed by atoms with Gasteiger partial charge in [0, 0.05) is 24.3 Å². The van der Waals surface area contributed by atoms with E-state index in [0.29, 0.717) is 12.1 Å². The number of amides is 1. The van der Waals surface area contributed by atoms with Gasteiger partial charge in [-0.1, -0.05) is 0 Å². The molecule has 1 aromatic heterocycles. The molecule has 6 nitrogen and oxygen atoms in total. The first-order chi connectivity index (χ1) is 10.9. The second kappa shape index (κ2) is 7.09. The number of hydrogen-bond acceptors (Lipinski definition) is 3. The van der Waals surface area contributed by atoms with E-state index in [1.165, 1.54) is 6.07 Å². The third-order valence-corrected chi connectivity index (χ3v) is 3.52.